The summed E-state index contributed by atoms with van der Waals surface area (Å²) < 4.78 is 0. The fourth-order valence-electron chi connectivity index (χ4n) is 3.00. The number of carbonyl (C=O) groups is 2. The molecule has 0 aliphatic carbocycles. The van der Waals surface area contributed by atoms with Gasteiger partial charge in [0.1, 0.15) is 0 Å². The number of nitrogens with one attached hydrogen (secondary N) is 2. The van der Waals surface area contributed by atoms with Gasteiger partial charge >= 0.3 is 6.03 Å². The normalized spacial score (nSPS) is 15.3. The van der Waals surface area contributed by atoms with Crippen molar-refractivity contribution in [2.45, 2.75) is 46.1 Å². The molecule has 1 saturated heterocycles. The van der Waals surface area contributed by atoms with Crippen molar-refractivity contribution in [3.8, 4) is 0 Å². The Kier molecular flexibility index (Phi) is 6.02. The summed E-state index contributed by atoms with van der Waals surface area (Å²) in [6.45, 7) is 8.15. The number of aryl methyl sites for hydroxylation is 2. The summed E-state index contributed by atoms with van der Waals surface area (Å²) in [4.78, 5) is 25.7. The summed E-state index contributed by atoms with van der Waals surface area (Å²) in [5, 5.41) is 5.69. The van der Waals surface area contributed by atoms with Gasteiger partial charge in [-0.25, -0.2) is 4.79 Å². The Hall–Kier alpha value is -2.04. The van der Waals surface area contributed by atoms with Gasteiger partial charge in [0.05, 0.1) is 6.04 Å². The van der Waals surface area contributed by atoms with Crippen LogP contribution in [0.5, 0.6) is 0 Å². The Bertz CT molecular complexity index is 545. The van der Waals surface area contributed by atoms with E-state index >= 15 is 0 Å². The summed E-state index contributed by atoms with van der Waals surface area (Å²) >= 11 is 0. The Morgan fingerprint density at radius 2 is 1.74 bits per heavy atom. The second kappa shape index (κ2) is 7.99. The third-order valence-electron chi connectivity index (χ3n) is 4.17. The topological polar surface area (TPSA) is 61.4 Å². The van der Waals surface area contributed by atoms with Crippen molar-refractivity contribution in [1.29, 1.82) is 0 Å². The number of hydrogen-bond donors (Lipinski definition) is 2. The zero-order valence-electron chi connectivity index (χ0n) is 14.3. The zero-order valence-corrected chi connectivity index (χ0v) is 14.3. The highest BCUT2D eigenvalue weighted by atomic mass is 16.2. The molecule has 2 N–H and O–H groups in total. The van der Waals surface area contributed by atoms with Crippen molar-refractivity contribution in [2.24, 2.45) is 0 Å². The average Bonchev–Trinajstić information content (AvgIpc) is 3.00. The van der Waals surface area contributed by atoms with Gasteiger partial charge in [0.25, 0.3) is 0 Å². The lowest BCUT2D eigenvalue weighted by molar-refractivity contribution is -0.129. The predicted molar refractivity (Wildman–Crippen MR) is 91.3 cm³/mol. The molecule has 1 aromatic rings. The zero-order chi connectivity index (χ0) is 16.8. The van der Waals surface area contributed by atoms with Crippen molar-refractivity contribution in [3.63, 3.8) is 0 Å². The minimum Gasteiger partial charge on any atom is -0.343 e. The molecule has 23 heavy (non-hydrogen) atoms. The summed E-state index contributed by atoms with van der Waals surface area (Å²) in [5.41, 5.74) is 3.46. The van der Waals surface area contributed by atoms with Crippen LogP contribution in [-0.4, -0.2) is 36.5 Å². The van der Waals surface area contributed by atoms with E-state index in [9.17, 15) is 9.59 Å². The van der Waals surface area contributed by atoms with Crippen LogP contribution in [0.25, 0.3) is 0 Å². The Balaban J connectivity index is 1.74. The molecule has 0 bridgehead atoms. The lowest BCUT2D eigenvalue weighted by Gasteiger charge is -2.17. The second-order valence-electron chi connectivity index (χ2n) is 6.38. The molecule has 0 aromatic heterocycles. The number of likely N-dealkylation sites (tertiary alicyclic amines) is 1. The molecule has 2 rings (SSSR count). The number of nitrogens with zero attached hydrogens (tertiary/aromatic N) is 1. The van der Waals surface area contributed by atoms with Crippen LogP contribution in [0.4, 0.5) is 4.79 Å². The highest BCUT2D eigenvalue weighted by molar-refractivity contribution is 5.78. The summed E-state index contributed by atoms with van der Waals surface area (Å²) in [6, 6.07) is 5.97. The largest absolute Gasteiger partial charge is 0.343 e. The molecular weight excluding hydrogens is 290 g/mol. The molecule has 1 aromatic carbocycles. The molecule has 1 heterocycles. The van der Waals surface area contributed by atoms with Gasteiger partial charge in [-0.2, -0.15) is 0 Å². The Morgan fingerprint density at radius 1 is 1.13 bits per heavy atom. The van der Waals surface area contributed by atoms with Gasteiger partial charge in [-0.1, -0.05) is 29.3 Å². The predicted octanol–water partition coefficient (Wildman–Crippen LogP) is 2.68. The molecule has 5 heteroatoms. The van der Waals surface area contributed by atoms with Crippen molar-refractivity contribution >= 4 is 11.9 Å². The Labute approximate surface area is 138 Å². The van der Waals surface area contributed by atoms with Gasteiger partial charge < -0.3 is 15.5 Å². The molecule has 0 spiro atoms. The molecule has 0 unspecified atom stereocenters. The van der Waals surface area contributed by atoms with Crippen LogP contribution in [0.3, 0.4) is 0 Å². The third kappa shape index (κ3) is 5.27. The van der Waals surface area contributed by atoms with Crippen LogP contribution in [0, 0.1) is 13.8 Å². The van der Waals surface area contributed by atoms with Crippen LogP contribution < -0.4 is 10.6 Å². The van der Waals surface area contributed by atoms with Crippen LogP contribution in [0.1, 0.15) is 48.9 Å². The van der Waals surface area contributed by atoms with Crippen molar-refractivity contribution < 1.29 is 9.59 Å². The molecule has 1 aliphatic heterocycles. The maximum Gasteiger partial charge on any atom is 0.315 e. The van der Waals surface area contributed by atoms with E-state index in [1.54, 1.807) is 0 Å². The smallest absolute Gasteiger partial charge is 0.315 e. The summed E-state index contributed by atoms with van der Waals surface area (Å²) in [5.74, 6) is 0.130. The van der Waals surface area contributed by atoms with Gasteiger partial charge in [0, 0.05) is 26.1 Å². The maximum atomic E-state index is 12.0. The van der Waals surface area contributed by atoms with E-state index in [0.717, 1.165) is 31.5 Å². The van der Waals surface area contributed by atoms with E-state index in [1.807, 2.05) is 25.7 Å². The number of benzene rings is 1. The average molecular weight is 317 g/mol. The number of carbonyl (C=O) groups excluding carboxylic acids is 2. The number of amides is 3. The maximum absolute atomic E-state index is 12.0. The highest BCUT2D eigenvalue weighted by Gasteiger charge is 2.17. The molecule has 1 fully saturated rings. The van der Waals surface area contributed by atoms with Gasteiger partial charge in [-0.05, 0) is 39.2 Å². The first kappa shape index (κ1) is 17.3. The SMILES string of the molecule is Cc1cc(C)cc([C@@H](C)NC(=O)NCCC(=O)N2CCCC2)c1. The van der Waals surface area contributed by atoms with Gasteiger partial charge in [0.15, 0.2) is 0 Å². The number of hydrogen-bond acceptors (Lipinski definition) is 2. The molecule has 0 saturated carbocycles. The molecule has 5 nitrogen and oxygen atoms in total. The lowest BCUT2D eigenvalue weighted by Crippen LogP contribution is -2.39. The molecule has 0 radical (unpaired) electrons. The number of urea groups is 1. The molecular formula is C18H27N3O2. The highest BCUT2D eigenvalue weighted by Crippen LogP contribution is 2.16. The first-order valence-corrected chi connectivity index (χ1v) is 8.36. The molecule has 3 amide bonds. The second-order valence-corrected chi connectivity index (χ2v) is 6.38. The summed E-state index contributed by atoms with van der Waals surface area (Å²) in [7, 11) is 0. The minimum atomic E-state index is -0.231. The van der Waals surface area contributed by atoms with E-state index < -0.39 is 0 Å². The lowest BCUT2D eigenvalue weighted by atomic mass is 10.0. The standard InChI is InChI=1S/C18H27N3O2/c1-13-10-14(2)12-16(11-13)15(3)20-18(23)19-7-6-17(22)21-8-4-5-9-21/h10-12,15H,4-9H2,1-3H3,(H2,19,20,23)/t15-/m1/s1. The molecule has 1 aliphatic rings. The van der Waals surface area contributed by atoms with E-state index in [0.29, 0.717) is 13.0 Å². The fraction of sp³-hybridized carbons (Fsp3) is 0.556. The Morgan fingerprint density at radius 3 is 2.35 bits per heavy atom. The van der Waals surface area contributed by atoms with E-state index in [-0.39, 0.29) is 18.0 Å². The summed E-state index contributed by atoms with van der Waals surface area (Å²) in [6.07, 6.45) is 2.55. The fourth-order valence-corrected chi connectivity index (χ4v) is 3.00. The first-order chi connectivity index (χ1) is 11.0. The molecule has 126 valence electrons. The van der Waals surface area contributed by atoms with Crippen molar-refractivity contribution in [3.05, 3.63) is 34.9 Å². The van der Waals surface area contributed by atoms with Crippen molar-refractivity contribution in [2.75, 3.05) is 19.6 Å². The molecule has 1 atom stereocenters. The van der Waals surface area contributed by atoms with Crippen LogP contribution in [-0.2, 0) is 4.79 Å². The number of rotatable bonds is 5. The van der Waals surface area contributed by atoms with Gasteiger partial charge in [0.2, 0.25) is 5.91 Å². The first-order valence-electron chi connectivity index (χ1n) is 8.36. The van der Waals surface area contributed by atoms with E-state index in [1.165, 1.54) is 11.1 Å². The van der Waals surface area contributed by atoms with Crippen LogP contribution >= 0.6 is 0 Å². The van der Waals surface area contributed by atoms with Gasteiger partial charge in [-0.15, -0.1) is 0 Å². The van der Waals surface area contributed by atoms with Crippen molar-refractivity contribution in [1.82, 2.24) is 15.5 Å². The van der Waals surface area contributed by atoms with Gasteiger partial charge in [-0.3, -0.25) is 4.79 Å². The quantitative estimate of drug-likeness (QED) is 0.877. The van der Waals surface area contributed by atoms with Crippen LogP contribution in [0.2, 0.25) is 0 Å². The third-order valence-corrected chi connectivity index (χ3v) is 4.17. The minimum absolute atomic E-state index is 0.0668. The monoisotopic (exact) mass is 317 g/mol. The van der Waals surface area contributed by atoms with Crippen LogP contribution in [0.15, 0.2) is 18.2 Å². The van der Waals surface area contributed by atoms with E-state index in [2.05, 4.69) is 28.8 Å². The van der Waals surface area contributed by atoms with E-state index in [4.69, 9.17) is 0 Å².